The van der Waals surface area contributed by atoms with Gasteiger partial charge in [0, 0.05) is 31.4 Å². The van der Waals surface area contributed by atoms with Crippen molar-refractivity contribution < 1.29 is 18.0 Å². The van der Waals surface area contributed by atoms with E-state index in [1.165, 1.54) is 18.4 Å². The average Bonchev–Trinajstić information content (AvgIpc) is 3.27. The molecule has 0 N–H and O–H groups in total. The molecule has 4 nitrogen and oxygen atoms in total. The van der Waals surface area contributed by atoms with Gasteiger partial charge in [0.05, 0.1) is 6.26 Å². The van der Waals surface area contributed by atoms with Crippen molar-refractivity contribution in [2.75, 3.05) is 18.0 Å². The SMILES string of the molecule is Cc1ccc(N(C(=O)c2ccco2)C2CCN(Cc3cccc(F)c3)CC2)cc1F. The monoisotopic (exact) mass is 410 g/mol. The van der Waals surface area contributed by atoms with E-state index in [1.807, 2.05) is 6.07 Å². The number of halogens is 2. The van der Waals surface area contributed by atoms with Crippen LogP contribution in [0.3, 0.4) is 0 Å². The fourth-order valence-corrected chi connectivity index (χ4v) is 3.97. The zero-order chi connectivity index (χ0) is 21.1. The number of amides is 1. The summed E-state index contributed by atoms with van der Waals surface area (Å²) in [4.78, 5) is 17.1. The number of hydrogen-bond donors (Lipinski definition) is 0. The van der Waals surface area contributed by atoms with E-state index in [0.29, 0.717) is 17.8 Å². The molecule has 1 amide bonds. The van der Waals surface area contributed by atoms with Gasteiger partial charge in [-0.05, 0) is 67.3 Å². The molecular formula is C24H24F2N2O2. The van der Waals surface area contributed by atoms with Crippen molar-refractivity contribution in [1.82, 2.24) is 4.90 Å². The number of furan rings is 1. The van der Waals surface area contributed by atoms with Gasteiger partial charge in [-0.3, -0.25) is 9.69 Å². The fraction of sp³-hybridized carbons (Fsp3) is 0.292. The van der Waals surface area contributed by atoms with E-state index in [-0.39, 0.29) is 29.3 Å². The lowest BCUT2D eigenvalue weighted by molar-refractivity contribution is 0.0931. The maximum atomic E-state index is 14.2. The second kappa shape index (κ2) is 8.79. The molecule has 4 rings (SSSR count). The van der Waals surface area contributed by atoms with E-state index in [4.69, 9.17) is 4.42 Å². The molecule has 156 valence electrons. The molecule has 0 spiro atoms. The Kier molecular flexibility index (Phi) is 5.95. The number of carbonyl (C=O) groups is 1. The number of rotatable bonds is 5. The predicted octanol–water partition coefficient (Wildman–Crippen LogP) is 5.18. The highest BCUT2D eigenvalue weighted by molar-refractivity contribution is 6.04. The van der Waals surface area contributed by atoms with E-state index in [0.717, 1.165) is 31.5 Å². The van der Waals surface area contributed by atoms with Crippen LogP contribution in [0, 0.1) is 18.6 Å². The van der Waals surface area contributed by atoms with Gasteiger partial charge in [0.1, 0.15) is 11.6 Å². The summed E-state index contributed by atoms with van der Waals surface area (Å²) in [6.45, 7) is 3.88. The Hall–Kier alpha value is -2.99. The smallest absolute Gasteiger partial charge is 0.294 e. The second-order valence-corrected chi connectivity index (χ2v) is 7.72. The maximum absolute atomic E-state index is 14.2. The first-order chi connectivity index (χ1) is 14.5. The predicted molar refractivity (Wildman–Crippen MR) is 111 cm³/mol. The molecule has 0 unspecified atom stereocenters. The summed E-state index contributed by atoms with van der Waals surface area (Å²) >= 11 is 0. The number of likely N-dealkylation sites (tertiary alicyclic amines) is 1. The quantitative estimate of drug-likeness (QED) is 0.582. The normalized spacial score (nSPS) is 15.3. The molecule has 1 aliphatic heterocycles. The zero-order valence-corrected chi connectivity index (χ0v) is 16.9. The summed E-state index contributed by atoms with van der Waals surface area (Å²) in [5.41, 5.74) is 2.00. The minimum atomic E-state index is -0.340. The van der Waals surface area contributed by atoms with Crippen LogP contribution in [0.1, 0.15) is 34.5 Å². The van der Waals surface area contributed by atoms with E-state index in [1.54, 1.807) is 48.2 Å². The third-order valence-corrected chi connectivity index (χ3v) is 5.60. The number of nitrogens with zero attached hydrogens (tertiary/aromatic N) is 2. The minimum Gasteiger partial charge on any atom is -0.459 e. The maximum Gasteiger partial charge on any atom is 0.294 e. The number of aryl methyl sites for hydroxylation is 1. The van der Waals surface area contributed by atoms with Gasteiger partial charge in [0.2, 0.25) is 0 Å². The first kappa shape index (κ1) is 20.3. The summed E-state index contributed by atoms with van der Waals surface area (Å²) in [7, 11) is 0. The van der Waals surface area contributed by atoms with E-state index in [9.17, 15) is 13.6 Å². The summed E-state index contributed by atoms with van der Waals surface area (Å²) < 4.78 is 33.0. The number of piperidine rings is 1. The Balaban J connectivity index is 1.51. The Morgan fingerprint density at radius 3 is 2.57 bits per heavy atom. The number of anilines is 1. The van der Waals surface area contributed by atoms with Gasteiger partial charge >= 0.3 is 0 Å². The third kappa shape index (κ3) is 4.44. The topological polar surface area (TPSA) is 36.7 Å². The van der Waals surface area contributed by atoms with Crippen molar-refractivity contribution >= 4 is 11.6 Å². The highest BCUT2D eigenvalue weighted by Crippen LogP contribution is 2.28. The Morgan fingerprint density at radius 1 is 1.10 bits per heavy atom. The van der Waals surface area contributed by atoms with Gasteiger partial charge in [0.15, 0.2) is 5.76 Å². The van der Waals surface area contributed by atoms with Crippen LogP contribution >= 0.6 is 0 Å². The lowest BCUT2D eigenvalue weighted by atomic mass is 10.0. The molecule has 0 atom stereocenters. The molecule has 1 aliphatic rings. The van der Waals surface area contributed by atoms with E-state index in [2.05, 4.69) is 4.90 Å². The molecule has 6 heteroatoms. The first-order valence-corrected chi connectivity index (χ1v) is 10.1. The summed E-state index contributed by atoms with van der Waals surface area (Å²) in [5, 5.41) is 0. The molecule has 2 heterocycles. The molecule has 1 aromatic heterocycles. The summed E-state index contributed by atoms with van der Waals surface area (Å²) in [5.74, 6) is -0.614. The molecule has 1 saturated heterocycles. The van der Waals surface area contributed by atoms with Crippen LogP contribution in [0.5, 0.6) is 0 Å². The molecule has 0 saturated carbocycles. The van der Waals surface area contributed by atoms with E-state index >= 15 is 0 Å². The van der Waals surface area contributed by atoms with Crippen LogP contribution in [0.25, 0.3) is 0 Å². The molecule has 0 aliphatic carbocycles. The third-order valence-electron chi connectivity index (χ3n) is 5.60. The van der Waals surface area contributed by atoms with Crippen LogP contribution in [-0.2, 0) is 6.54 Å². The standard InChI is InChI=1S/C24H24F2N2O2/c1-17-7-8-21(15-22(17)26)28(24(29)23-6-3-13-30-23)20-9-11-27(12-10-20)16-18-4-2-5-19(25)14-18/h2-8,13-15,20H,9-12,16H2,1H3. The van der Waals surface area contributed by atoms with Gasteiger partial charge in [-0.15, -0.1) is 0 Å². The summed E-state index contributed by atoms with van der Waals surface area (Å²) in [6, 6.07) is 14.7. The van der Waals surface area contributed by atoms with Gasteiger partial charge in [0.25, 0.3) is 5.91 Å². The number of benzene rings is 2. The first-order valence-electron chi connectivity index (χ1n) is 10.1. The van der Waals surface area contributed by atoms with Crippen LogP contribution in [0.2, 0.25) is 0 Å². The number of carbonyl (C=O) groups excluding carboxylic acids is 1. The largest absolute Gasteiger partial charge is 0.459 e. The van der Waals surface area contributed by atoms with Crippen molar-refractivity contribution in [2.45, 2.75) is 32.4 Å². The van der Waals surface area contributed by atoms with Crippen molar-refractivity contribution in [3.63, 3.8) is 0 Å². The van der Waals surface area contributed by atoms with Crippen LogP contribution < -0.4 is 4.90 Å². The van der Waals surface area contributed by atoms with Crippen molar-refractivity contribution in [1.29, 1.82) is 0 Å². The highest BCUT2D eigenvalue weighted by atomic mass is 19.1. The molecule has 0 radical (unpaired) electrons. The van der Waals surface area contributed by atoms with E-state index < -0.39 is 0 Å². The fourth-order valence-electron chi connectivity index (χ4n) is 3.97. The second-order valence-electron chi connectivity index (χ2n) is 7.72. The van der Waals surface area contributed by atoms with Crippen molar-refractivity contribution in [3.8, 4) is 0 Å². The Labute approximate surface area is 174 Å². The van der Waals surface area contributed by atoms with Gasteiger partial charge in [-0.1, -0.05) is 18.2 Å². The molecule has 2 aromatic carbocycles. The van der Waals surface area contributed by atoms with Crippen LogP contribution in [0.4, 0.5) is 14.5 Å². The van der Waals surface area contributed by atoms with Crippen LogP contribution in [-0.4, -0.2) is 29.9 Å². The Morgan fingerprint density at radius 2 is 1.90 bits per heavy atom. The molecular weight excluding hydrogens is 386 g/mol. The lowest BCUT2D eigenvalue weighted by Crippen LogP contribution is -2.47. The highest BCUT2D eigenvalue weighted by Gasteiger charge is 2.31. The summed E-state index contributed by atoms with van der Waals surface area (Å²) in [6.07, 6.45) is 2.93. The molecule has 1 fully saturated rings. The van der Waals surface area contributed by atoms with Crippen molar-refractivity contribution in [3.05, 3.63) is 89.4 Å². The van der Waals surface area contributed by atoms with Crippen molar-refractivity contribution in [2.24, 2.45) is 0 Å². The average molecular weight is 410 g/mol. The Bertz CT molecular complexity index is 1010. The van der Waals surface area contributed by atoms with Gasteiger partial charge < -0.3 is 9.32 Å². The van der Waals surface area contributed by atoms with Gasteiger partial charge in [-0.2, -0.15) is 0 Å². The zero-order valence-electron chi connectivity index (χ0n) is 16.9. The molecule has 0 bridgehead atoms. The van der Waals surface area contributed by atoms with Gasteiger partial charge in [-0.25, -0.2) is 8.78 Å². The molecule has 30 heavy (non-hydrogen) atoms. The lowest BCUT2D eigenvalue weighted by Gasteiger charge is -2.38. The molecule has 3 aromatic rings. The minimum absolute atomic E-state index is 0.0755. The number of hydrogen-bond acceptors (Lipinski definition) is 3. The van der Waals surface area contributed by atoms with Crippen LogP contribution in [0.15, 0.2) is 65.3 Å².